The number of hydrogen-bond acceptors (Lipinski definition) is 4. The number of hydrogen-bond donors (Lipinski definition) is 0. The second-order valence-electron chi connectivity index (χ2n) is 10.9. The monoisotopic (exact) mass is 466 g/mol. The van der Waals surface area contributed by atoms with Crippen molar-refractivity contribution >= 4 is 28.8 Å². The van der Waals surface area contributed by atoms with Crippen LogP contribution in [0.5, 0.6) is 0 Å². The van der Waals surface area contributed by atoms with Crippen LogP contribution in [0.3, 0.4) is 0 Å². The lowest BCUT2D eigenvalue weighted by molar-refractivity contribution is -0.149. The smallest absolute Gasteiger partial charge is 0.316 e. The Morgan fingerprint density at radius 3 is 2.60 bits per heavy atom. The molecular weight excluding hydrogens is 436 g/mol. The molecule has 0 radical (unpaired) electrons. The molecule has 35 heavy (non-hydrogen) atoms. The van der Waals surface area contributed by atoms with Gasteiger partial charge in [-0.15, -0.1) is 0 Å². The van der Waals surface area contributed by atoms with Gasteiger partial charge < -0.3 is 14.5 Å². The fraction of sp³-hybridized carbons (Fsp3) is 0.400. The van der Waals surface area contributed by atoms with Crippen molar-refractivity contribution in [1.29, 1.82) is 0 Å². The van der Waals surface area contributed by atoms with Gasteiger partial charge in [0.2, 0.25) is 0 Å². The number of nitrogens with zero attached hydrogens (tertiary/aromatic N) is 2. The maximum Gasteiger partial charge on any atom is 0.316 e. The Kier molecular flexibility index (Phi) is 4.70. The van der Waals surface area contributed by atoms with E-state index in [0.717, 1.165) is 79.6 Å². The standard InChI is InChI=1S/C30H30N2O3/c33-28-23-16-22(19-35-29(34)30-13-11-20(17-30)12-14-30)24-10-5-15-31(24)25-8-4-9-26(27(23)25)32(28)18-21-6-2-1-3-7-21/h1-4,6-9,16,19-20,24H,5,10-15,17-18H2/b22-19+. The summed E-state index contributed by atoms with van der Waals surface area (Å²) < 4.78 is 5.92. The highest BCUT2D eigenvalue weighted by molar-refractivity contribution is 6.34. The molecule has 1 saturated heterocycles. The third-order valence-electron chi connectivity index (χ3n) is 8.97. The van der Waals surface area contributed by atoms with E-state index in [-0.39, 0.29) is 23.3 Å². The largest absolute Gasteiger partial charge is 0.434 e. The molecule has 2 bridgehead atoms. The zero-order chi connectivity index (χ0) is 23.6. The minimum absolute atomic E-state index is 0.0164. The van der Waals surface area contributed by atoms with Crippen LogP contribution >= 0.6 is 0 Å². The summed E-state index contributed by atoms with van der Waals surface area (Å²) in [6.45, 7) is 1.47. The van der Waals surface area contributed by atoms with Crippen molar-refractivity contribution in [3.63, 3.8) is 0 Å². The summed E-state index contributed by atoms with van der Waals surface area (Å²) in [5, 5.41) is 0. The first-order valence-electron chi connectivity index (χ1n) is 13.0. The molecule has 0 spiro atoms. The Bertz CT molecular complexity index is 1270. The lowest BCUT2D eigenvalue weighted by Crippen LogP contribution is -2.31. The van der Waals surface area contributed by atoms with Crippen molar-refractivity contribution in [2.45, 2.75) is 57.5 Å². The van der Waals surface area contributed by atoms with Crippen LogP contribution in [0.1, 0.15) is 56.1 Å². The summed E-state index contributed by atoms with van der Waals surface area (Å²) in [5.74, 6) is 0.640. The lowest BCUT2D eigenvalue weighted by Gasteiger charge is -2.28. The molecule has 5 heteroatoms. The van der Waals surface area contributed by atoms with Gasteiger partial charge in [-0.2, -0.15) is 0 Å². The Hall–Kier alpha value is -3.34. The molecule has 2 aliphatic carbocycles. The first-order chi connectivity index (χ1) is 17.1. The number of amides is 1. The third kappa shape index (κ3) is 3.20. The molecule has 3 heterocycles. The minimum Gasteiger partial charge on any atom is -0.434 e. The molecule has 3 fully saturated rings. The van der Waals surface area contributed by atoms with Gasteiger partial charge in [0, 0.05) is 23.4 Å². The number of benzene rings is 2. The molecule has 178 valence electrons. The minimum atomic E-state index is -0.277. The Morgan fingerprint density at radius 1 is 1.03 bits per heavy atom. The third-order valence-corrected chi connectivity index (χ3v) is 8.97. The Labute approximate surface area is 206 Å². The predicted molar refractivity (Wildman–Crippen MR) is 136 cm³/mol. The molecule has 0 N–H and O–H groups in total. The van der Waals surface area contributed by atoms with Crippen molar-refractivity contribution in [2.24, 2.45) is 11.3 Å². The Balaban J connectivity index is 1.26. The van der Waals surface area contributed by atoms with Gasteiger partial charge in [0.15, 0.2) is 0 Å². The second kappa shape index (κ2) is 7.84. The van der Waals surface area contributed by atoms with Crippen LogP contribution in [0.25, 0.3) is 5.57 Å². The SMILES string of the molecule is O=C1C2=C/C(=C\OC(=O)C34CCC(CC3)C4)C3CCCN3c3cccc(c32)N1Cc1ccccc1. The van der Waals surface area contributed by atoms with Gasteiger partial charge in [-0.25, -0.2) is 0 Å². The number of carbonyl (C=O) groups excluding carboxylic acids is 2. The highest BCUT2D eigenvalue weighted by atomic mass is 16.5. The van der Waals surface area contributed by atoms with Crippen molar-refractivity contribution < 1.29 is 14.3 Å². The van der Waals surface area contributed by atoms with E-state index in [0.29, 0.717) is 18.0 Å². The molecule has 1 amide bonds. The van der Waals surface area contributed by atoms with Gasteiger partial charge in [-0.1, -0.05) is 36.4 Å². The van der Waals surface area contributed by atoms with Crippen molar-refractivity contribution in [1.82, 2.24) is 0 Å². The second-order valence-corrected chi connectivity index (χ2v) is 10.9. The molecule has 1 atom stereocenters. The quantitative estimate of drug-likeness (QED) is 0.434. The van der Waals surface area contributed by atoms with Gasteiger partial charge in [-0.05, 0) is 74.6 Å². The number of esters is 1. The molecule has 3 aliphatic heterocycles. The predicted octanol–water partition coefficient (Wildman–Crippen LogP) is 5.61. The first kappa shape index (κ1) is 21.0. The summed E-state index contributed by atoms with van der Waals surface area (Å²) >= 11 is 0. The molecule has 1 unspecified atom stereocenters. The highest BCUT2D eigenvalue weighted by Crippen LogP contribution is 2.55. The van der Waals surface area contributed by atoms with Crippen LogP contribution in [-0.2, 0) is 20.9 Å². The maximum atomic E-state index is 13.8. The van der Waals surface area contributed by atoms with E-state index in [1.807, 2.05) is 29.2 Å². The molecule has 2 aromatic carbocycles. The zero-order valence-electron chi connectivity index (χ0n) is 19.9. The van der Waals surface area contributed by atoms with E-state index < -0.39 is 0 Å². The van der Waals surface area contributed by atoms with E-state index >= 15 is 0 Å². The van der Waals surface area contributed by atoms with Gasteiger partial charge in [0.25, 0.3) is 5.91 Å². The molecule has 7 rings (SSSR count). The summed E-state index contributed by atoms with van der Waals surface area (Å²) in [5.41, 5.74) is 5.57. The normalized spacial score (nSPS) is 29.3. The number of rotatable bonds is 4. The van der Waals surface area contributed by atoms with Crippen LogP contribution in [0.2, 0.25) is 0 Å². The zero-order valence-corrected chi connectivity index (χ0v) is 19.9. The van der Waals surface area contributed by atoms with E-state index in [9.17, 15) is 9.59 Å². The van der Waals surface area contributed by atoms with E-state index in [4.69, 9.17) is 4.74 Å². The molecular formula is C30H30N2O3. The summed E-state index contributed by atoms with van der Waals surface area (Å²) in [4.78, 5) is 31.2. The van der Waals surface area contributed by atoms with Crippen LogP contribution in [0, 0.1) is 11.3 Å². The Morgan fingerprint density at radius 2 is 1.83 bits per heavy atom. The van der Waals surface area contributed by atoms with Gasteiger partial charge in [0.05, 0.1) is 35.5 Å². The highest BCUT2D eigenvalue weighted by Gasteiger charge is 2.51. The van der Waals surface area contributed by atoms with Crippen molar-refractivity contribution in [3.05, 3.63) is 77.6 Å². The fourth-order valence-electron chi connectivity index (χ4n) is 7.19. The van der Waals surface area contributed by atoms with Gasteiger partial charge in [0.1, 0.15) is 0 Å². The van der Waals surface area contributed by atoms with Crippen molar-refractivity contribution in [2.75, 3.05) is 16.3 Å². The summed E-state index contributed by atoms with van der Waals surface area (Å²) in [6, 6.07) is 16.5. The summed E-state index contributed by atoms with van der Waals surface area (Å²) in [6.07, 6.45) is 10.9. The molecule has 0 aromatic heterocycles. The van der Waals surface area contributed by atoms with Gasteiger partial charge in [-0.3, -0.25) is 9.59 Å². The van der Waals surface area contributed by atoms with E-state index in [1.54, 1.807) is 6.26 Å². The van der Waals surface area contributed by atoms with Crippen LogP contribution < -0.4 is 9.80 Å². The first-order valence-corrected chi connectivity index (χ1v) is 13.0. The number of carbonyl (C=O) groups is 2. The van der Waals surface area contributed by atoms with Crippen LogP contribution in [0.4, 0.5) is 11.4 Å². The molecule has 2 saturated carbocycles. The maximum absolute atomic E-state index is 13.8. The summed E-state index contributed by atoms with van der Waals surface area (Å²) in [7, 11) is 0. The van der Waals surface area contributed by atoms with Crippen molar-refractivity contribution in [3.8, 4) is 0 Å². The molecule has 5 nitrogen and oxygen atoms in total. The van der Waals surface area contributed by atoms with Gasteiger partial charge >= 0.3 is 5.97 Å². The number of ether oxygens (including phenoxy) is 1. The average molecular weight is 467 g/mol. The average Bonchev–Trinajstić information content (AvgIpc) is 3.66. The lowest BCUT2D eigenvalue weighted by atomic mass is 9.84. The molecule has 2 aromatic rings. The topological polar surface area (TPSA) is 49.9 Å². The fourth-order valence-corrected chi connectivity index (χ4v) is 7.19. The number of fused-ring (bicyclic) bond motifs is 4. The molecule has 5 aliphatic rings. The van der Waals surface area contributed by atoms with E-state index in [1.165, 1.54) is 0 Å². The van der Waals surface area contributed by atoms with Crippen LogP contribution in [-0.4, -0.2) is 24.5 Å². The van der Waals surface area contributed by atoms with Crippen LogP contribution in [0.15, 0.2) is 66.4 Å². The number of anilines is 2. The van der Waals surface area contributed by atoms with E-state index in [2.05, 4.69) is 35.2 Å².